The Morgan fingerprint density at radius 3 is 2.77 bits per heavy atom. The Labute approximate surface area is 152 Å². The Hall–Kier alpha value is -2.83. The van der Waals surface area contributed by atoms with Crippen molar-refractivity contribution < 1.29 is 19.1 Å². The van der Waals surface area contributed by atoms with E-state index in [1.54, 1.807) is 13.1 Å². The van der Waals surface area contributed by atoms with Gasteiger partial charge in [0.05, 0.1) is 12.6 Å². The van der Waals surface area contributed by atoms with E-state index < -0.39 is 12.1 Å². The van der Waals surface area contributed by atoms with Gasteiger partial charge in [0.1, 0.15) is 11.4 Å². The third kappa shape index (κ3) is 3.71. The van der Waals surface area contributed by atoms with Crippen molar-refractivity contribution in [3.63, 3.8) is 0 Å². The zero-order valence-corrected chi connectivity index (χ0v) is 15.1. The number of esters is 1. The van der Waals surface area contributed by atoms with E-state index in [9.17, 15) is 9.59 Å². The summed E-state index contributed by atoms with van der Waals surface area (Å²) < 4.78 is 12.5. The van der Waals surface area contributed by atoms with Gasteiger partial charge < -0.3 is 14.8 Å². The monoisotopic (exact) mass is 357 g/mol. The van der Waals surface area contributed by atoms with Crippen LogP contribution in [0.15, 0.2) is 36.5 Å². The van der Waals surface area contributed by atoms with Crippen molar-refractivity contribution in [3.05, 3.63) is 47.8 Å². The molecule has 1 aliphatic heterocycles. The van der Waals surface area contributed by atoms with Gasteiger partial charge in [-0.2, -0.15) is 5.10 Å². The number of ether oxygens (including phenoxy) is 2. The van der Waals surface area contributed by atoms with Gasteiger partial charge in [-0.25, -0.2) is 4.79 Å². The Morgan fingerprint density at radius 1 is 1.31 bits per heavy atom. The zero-order valence-electron chi connectivity index (χ0n) is 15.1. The van der Waals surface area contributed by atoms with Gasteiger partial charge in [-0.15, -0.1) is 0 Å². The zero-order chi connectivity index (χ0) is 18.7. The van der Waals surface area contributed by atoms with E-state index in [4.69, 9.17) is 9.47 Å². The first-order valence-electron chi connectivity index (χ1n) is 8.68. The van der Waals surface area contributed by atoms with Crippen LogP contribution in [0.4, 0.5) is 0 Å². The topological polar surface area (TPSA) is 82.5 Å². The van der Waals surface area contributed by atoms with Crippen LogP contribution in [0, 0.1) is 5.92 Å². The SMILES string of the molecule is CC(C)[C@@H](OC(=O)c1ccnn1C)C(=O)N[C@@H]1CCOc2ccccc21. The molecular formula is C19H23N3O4. The van der Waals surface area contributed by atoms with E-state index in [0.29, 0.717) is 18.7 Å². The highest BCUT2D eigenvalue weighted by atomic mass is 16.5. The average Bonchev–Trinajstić information content (AvgIpc) is 3.05. The van der Waals surface area contributed by atoms with Crippen molar-refractivity contribution in [1.29, 1.82) is 0 Å². The van der Waals surface area contributed by atoms with Crippen LogP contribution >= 0.6 is 0 Å². The summed E-state index contributed by atoms with van der Waals surface area (Å²) in [6.07, 6.45) is 1.30. The number of carbonyl (C=O) groups excluding carboxylic acids is 2. The van der Waals surface area contributed by atoms with Crippen molar-refractivity contribution in [2.75, 3.05) is 6.61 Å². The van der Waals surface area contributed by atoms with Crippen LogP contribution in [-0.4, -0.2) is 34.4 Å². The van der Waals surface area contributed by atoms with E-state index in [1.807, 2.05) is 38.1 Å². The highest BCUT2D eigenvalue weighted by Crippen LogP contribution is 2.31. The number of benzene rings is 1. The molecule has 0 saturated heterocycles. The van der Waals surface area contributed by atoms with Crippen LogP contribution in [0.25, 0.3) is 0 Å². The molecule has 1 aliphatic rings. The number of hydrogen-bond donors (Lipinski definition) is 1. The summed E-state index contributed by atoms with van der Waals surface area (Å²) in [5.74, 6) is -0.261. The molecule has 26 heavy (non-hydrogen) atoms. The first-order valence-corrected chi connectivity index (χ1v) is 8.68. The molecule has 0 unspecified atom stereocenters. The fourth-order valence-electron chi connectivity index (χ4n) is 2.99. The smallest absolute Gasteiger partial charge is 0.357 e. The third-order valence-corrected chi connectivity index (χ3v) is 4.40. The summed E-state index contributed by atoms with van der Waals surface area (Å²) in [4.78, 5) is 25.2. The molecule has 2 aromatic rings. The summed E-state index contributed by atoms with van der Waals surface area (Å²) in [5.41, 5.74) is 1.24. The summed E-state index contributed by atoms with van der Waals surface area (Å²) in [6, 6.07) is 9.03. The van der Waals surface area contributed by atoms with Crippen LogP contribution in [0.1, 0.15) is 42.4 Å². The maximum atomic E-state index is 12.8. The van der Waals surface area contributed by atoms with Crippen LogP contribution in [0.2, 0.25) is 0 Å². The molecule has 0 saturated carbocycles. The van der Waals surface area contributed by atoms with Crippen molar-refractivity contribution in [3.8, 4) is 5.75 Å². The van der Waals surface area contributed by atoms with Gasteiger partial charge in [0.25, 0.3) is 5.91 Å². The van der Waals surface area contributed by atoms with Crippen LogP contribution in [0.3, 0.4) is 0 Å². The molecular weight excluding hydrogens is 334 g/mol. The minimum absolute atomic E-state index is 0.163. The number of aromatic nitrogens is 2. The van der Waals surface area contributed by atoms with Gasteiger partial charge in [-0.3, -0.25) is 9.48 Å². The minimum atomic E-state index is -0.882. The molecule has 2 heterocycles. The number of rotatable bonds is 5. The van der Waals surface area contributed by atoms with Crippen molar-refractivity contribution in [2.24, 2.45) is 13.0 Å². The molecule has 7 nitrogen and oxygen atoms in total. The van der Waals surface area contributed by atoms with Gasteiger partial charge in [0.15, 0.2) is 6.10 Å². The second-order valence-electron chi connectivity index (χ2n) is 6.65. The second-order valence-corrected chi connectivity index (χ2v) is 6.65. The normalized spacial score (nSPS) is 17.2. The summed E-state index contributed by atoms with van der Waals surface area (Å²) >= 11 is 0. The molecule has 0 aliphatic carbocycles. The average molecular weight is 357 g/mol. The number of fused-ring (bicyclic) bond motifs is 1. The molecule has 1 aromatic heterocycles. The lowest BCUT2D eigenvalue weighted by Gasteiger charge is -2.29. The molecule has 2 atom stereocenters. The number of nitrogens with zero attached hydrogens (tertiary/aromatic N) is 2. The summed E-state index contributed by atoms with van der Waals surface area (Å²) in [7, 11) is 1.65. The molecule has 0 spiro atoms. The number of carbonyl (C=O) groups is 2. The second kappa shape index (κ2) is 7.59. The van der Waals surface area contributed by atoms with Crippen molar-refractivity contribution >= 4 is 11.9 Å². The van der Waals surface area contributed by atoms with E-state index in [-0.39, 0.29) is 17.9 Å². The number of aryl methyl sites for hydroxylation is 1. The van der Waals surface area contributed by atoms with E-state index in [1.165, 1.54) is 10.9 Å². The number of nitrogens with one attached hydrogen (secondary N) is 1. The highest BCUT2D eigenvalue weighted by molar-refractivity contribution is 5.91. The predicted molar refractivity (Wildman–Crippen MR) is 94.7 cm³/mol. The Kier molecular flexibility index (Phi) is 5.25. The molecule has 0 fully saturated rings. The molecule has 1 aromatic carbocycles. The molecule has 0 bridgehead atoms. The molecule has 1 amide bonds. The first kappa shape index (κ1) is 18.0. The van der Waals surface area contributed by atoms with Crippen molar-refractivity contribution in [2.45, 2.75) is 32.4 Å². The lowest BCUT2D eigenvalue weighted by Crippen LogP contribution is -2.43. The van der Waals surface area contributed by atoms with Crippen LogP contribution in [-0.2, 0) is 16.6 Å². The fraction of sp³-hybridized carbons (Fsp3) is 0.421. The third-order valence-electron chi connectivity index (χ3n) is 4.40. The minimum Gasteiger partial charge on any atom is -0.493 e. The lowest BCUT2D eigenvalue weighted by molar-refractivity contribution is -0.133. The molecule has 7 heteroatoms. The molecule has 0 radical (unpaired) electrons. The molecule has 3 rings (SSSR count). The maximum Gasteiger partial charge on any atom is 0.357 e. The standard InChI is InChI=1S/C19H23N3O4/c1-12(2)17(26-19(24)15-8-10-20-22(15)3)18(23)21-14-9-11-25-16-7-5-4-6-13(14)16/h4-8,10,12,14,17H,9,11H2,1-3H3,(H,21,23)/t14-,17-/m1/s1. The largest absolute Gasteiger partial charge is 0.493 e. The number of hydrogen-bond acceptors (Lipinski definition) is 5. The fourth-order valence-corrected chi connectivity index (χ4v) is 2.99. The Morgan fingerprint density at radius 2 is 2.08 bits per heavy atom. The van der Waals surface area contributed by atoms with Gasteiger partial charge in [-0.05, 0) is 18.1 Å². The quantitative estimate of drug-likeness (QED) is 0.830. The first-order chi connectivity index (χ1) is 12.5. The maximum absolute atomic E-state index is 12.8. The van der Waals surface area contributed by atoms with Gasteiger partial charge in [-0.1, -0.05) is 32.0 Å². The Bertz CT molecular complexity index is 800. The van der Waals surface area contributed by atoms with Crippen molar-refractivity contribution in [1.82, 2.24) is 15.1 Å². The molecule has 1 N–H and O–H groups in total. The van der Waals surface area contributed by atoms with Gasteiger partial charge in [0.2, 0.25) is 0 Å². The summed E-state index contributed by atoms with van der Waals surface area (Å²) in [6.45, 7) is 4.22. The van der Waals surface area contributed by atoms with E-state index >= 15 is 0 Å². The van der Waals surface area contributed by atoms with Crippen LogP contribution in [0.5, 0.6) is 5.75 Å². The van der Waals surface area contributed by atoms with Crippen LogP contribution < -0.4 is 10.1 Å². The predicted octanol–water partition coefficient (Wildman–Crippen LogP) is 2.24. The van der Waals surface area contributed by atoms with E-state index in [0.717, 1.165) is 11.3 Å². The lowest BCUT2D eigenvalue weighted by atomic mass is 9.99. The Balaban J connectivity index is 1.72. The number of para-hydroxylation sites is 1. The summed E-state index contributed by atoms with van der Waals surface area (Å²) in [5, 5.41) is 6.96. The molecule has 138 valence electrons. The van der Waals surface area contributed by atoms with E-state index in [2.05, 4.69) is 10.4 Å². The number of amides is 1. The van der Waals surface area contributed by atoms with Gasteiger partial charge in [0, 0.05) is 25.2 Å². The van der Waals surface area contributed by atoms with Gasteiger partial charge >= 0.3 is 5.97 Å². The highest BCUT2D eigenvalue weighted by Gasteiger charge is 2.31.